The summed E-state index contributed by atoms with van der Waals surface area (Å²) in [5, 5.41) is 39.6. The zero-order valence-electron chi connectivity index (χ0n) is 17.9. The summed E-state index contributed by atoms with van der Waals surface area (Å²) in [5.74, 6) is 2.05. The highest BCUT2D eigenvalue weighted by molar-refractivity contribution is 7.99. The van der Waals surface area contributed by atoms with Crippen LogP contribution in [0.4, 0.5) is 0 Å². The van der Waals surface area contributed by atoms with E-state index in [0.717, 1.165) is 25.7 Å². The highest BCUT2D eigenvalue weighted by Gasteiger charge is 2.10. The average Bonchev–Trinajstić information content (AvgIpc) is 2.71. The molecule has 1 saturated heterocycles. The van der Waals surface area contributed by atoms with E-state index in [1.165, 1.54) is 23.5 Å². The molecule has 1 heterocycles. The standard InChI is InChI=1S/C20H40O8S2/c21-17-9-25-5-1-2-6-26-10-18(22)14-30-16-20(24)12-28-8-4-3-7-27-11-19(23)15-29-13-17/h17-24H,1-16H2. The molecule has 0 saturated carbocycles. The third-order valence-electron chi connectivity index (χ3n) is 4.14. The molecule has 4 N–H and O–H groups in total. The van der Waals surface area contributed by atoms with Gasteiger partial charge in [-0.1, -0.05) is 0 Å². The lowest BCUT2D eigenvalue weighted by Crippen LogP contribution is -2.23. The van der Waals surface area contributed by atoms with Crippen molar-refractivity contribution in [3.8, 4) is 0 Å². The number of thioether (sulfide) groups is 2. The van der Waals surface area contributed by atoms with E-state index in [-0.39, 0.29) is 26.4 Å². The van der Waals surface area contributed by atoms with Gasteiger partial charge in [0, 0.05) is 49.4 Å². The van der Waals surface area contributed by atoms with Gasteiger partial charge < -0.3 is 39.4 Å². The molecule has 8 nitrogen and oxygen atoms in total. The van der Waals surface area contributed by atoms with Crippen LogP contribution in [0.5, 0.6) is 0 Å². The lowest BCUT2D eigenvalue weighted by molar-refractivity contribution is 0.0292. The molecule has 0 aromatic rings. The number of rotatable bonds is 0. The van der Waals surface area contributed by atoms with Crippen molar-refractivity contribution in [2.24, 2.45) is 0 Å². The molecule has 1 rings (SSSR count). The maximum Gasteiger partial charge on any atom is 0.0863 e. The minimum Gasteiger partial charge on any atom is -0.390 e. The molecule has 0 radical (unpaired) electrons. The van der Waals surface area contributed by atoms with E-state index >= 15 is 0 Å². The van der Waals surface area contributed by atoms with Gasteiger partial charge in [0.25, 0.3) is 0 Å². The summed E-state index contributed by atoms with van der Waals surface area (Å²) < 4.78 is 21.9. The normalized spacial score (nSPS) is 32.4. The molecule has 1 aliphatic rings. The van der Waals surface area contributed by atoms with Crippen LogP contribution in [0.1, 0.15) is 25.7 Å². The number of aliphatic hydroxyl groups excluding tert-OH is 4. The van der Waals surface area contributed by atoms with Crippen molar-refractivity contribution in [3.63, 3.8) is 0 Å². The molecule has 0 aromatic carbocycles. The first-order valence-corrected chi connectivity index (χ1v) is 13.1. The van der Waals surface area contributed by atoms with Crippen LogP contribution in [-0.4, -0.2) is 121 Å². The van der Waals surface area contributed by atoms with Gasteiger partial charge in [-0.05, 0) is 25.7 Å². The first-order valence-electron chi connectivity index (χ1n) is 10.8. The van der Waals surface area contributed by atoms with Gasteiger partial charge in [0.1, 0.15) is 0 Å². The molecule has 0 aromatic heterocycles. The van der Waals surface area contributed by atoms with Crippen LogP contribution in [0.3, 0.4) is 0 Å². The Balaban J connectivity index is 2.24. The minimum absolute atomic E-state index is 0.282. The highest BCUT2D eigenvalue weighted by Crippen LogP contribution is 2.09. The maximum atomic E-state index is 9.91. The van der Waals surface area contributed by atoms with Gasteiger partial charge in [-0.25, -0.2) is 0 Å². The largest absolute Gasteiger partial charge is 0.390 e. The Hall–Kier alpha value is 0.380. The van der Waals surface area contributed by atoms with Crippen LogP contribution in [0.25, 0.3) is 0 Å². The van der Waals surface area contributed by atoms with Crippen LogP contribution < -0.4 is 0 Å². The molecular weight excluding hydrogens is 432 g/mol. The summed E-state index contributed by atoms with van der Waals surface area (Å²) >= 11 is 2.97. The van der Waals surface area contributed by atoms with Crippen molar-refractivity contribution >= 4 is 23.5 Å². The Kier molecular flexibility index (Phi) is 19.0. The van der Waals surface area contributed by atoms with Crippen molar-refractivity contribution < 1.29 is 39.4 Å². The molecule has 4 unspecified atom stereocenters. The average molecular weight is 473 g/mol. The van der Waals surface area contributed by atoms with Crippen molar-refractivity contribution in [3.05, 3.63) is 0 Å². The molecule has 180 valence electrons. The molecule has 10 heteroatoms. The van der Waals surface area contributed by atoms with Gasteiger partial charge in [-0.15, -0.1) is 0 Å². The quantitative estimate of drug-likeness (QED) is 0.398. The first kappa shape index (κ1) is 28.4. The zero-order valence-corrected chi connectivity index (χ0v) is 19.5. The molecule has 0 bridgehead atoms. The number of aliphatic hydroxyl groups is 4. The minimum atomic E-state index is -0.552. The Morgan fingerprint density at radius 2 is 0.667 bits per heavy atom. The second kappa shape index (κ2) is 20.0. The van der Waals surface area contributed by atoms with E-state index < -0.39 is 24.4 Å². The Bertz CT molecular complexity index is 315. The topological polar surface area (TPSA) is 118 Å². The summed E-state index contributed by atoms with van der Waals surface area (Å²) in [5.41, 5.74) is 0. The van der Waals surface area contributed by atoms with E-state index in [2.05, 4.69) is 0 Å². The first-order chi connectivity index (χ1) is 14.6. The van der Waals surface area contributed by atoms with E-state index in [1.54, 1.807) is 0 Å². The second-order valence-electron chi connectivity index (χ2n) is 7.40. The third kappa shape index (κ3) is 18.0. The van der Waals surface area contributed by atoms with Crippen molar-refractivity contribution in [1.82, 2.24) is 0 Å². The summed E-state index contributed by atoms with van der Waals surface area (Å²) in [6.45, 7) is 3.35. The predicted molar refractivity (Wildman–Crippen MR) is 120 cm³/mol. The fourth-order valence-corrected chi connectivity index (χ4v) is 4.31. The van der Waals surface area contributed by atoms with E-state index in [9.17, 15) is 20.4 Å². The Morgan fingerprint density at radius 3 is 0.900 bits per heavy atom. The molecule has 30 heavy (non-hydrogen) atoms. The Morgan fingerprint density at radius 1 is 0.433 bits per heavy atom. The van der Waals surface area contributed by atoms with E-state index in [0.29, 0.717) is 49.4 Å². The van der Waals surface area contributed by atoms with Crippen LogP contribution in [0.15, 0.2) is 0 Å². The van der Waals surface area contributed by atoms with Crippen LogP contribution in [0.2, 0.25) is 0 Å². The van der Waals surface area contributed by atoms with Crippen molar-refractivity contribution in [1.29, 1.82) is 0 Å². The fraction of sp³-hybridized carbons (Fsp3) is 1.00. The van der Waals surface area contributed by atoms with Crippen molar-refractivity contribution in [2.45, 2.75) is 50.1 Å². The number of hydrogen-bond acceptors (Lipinski definition) is 10. The maximum absolute atomic E-state index is 9.91. The molecular formula is C20H40O8S2. The molecule has 0 aliphatic carbocycles. The zero-order chi connectivity index (χ0) is 21.9. The van der Waals surface area contributed by atoms with E-state index in [1.807, 2.05) is 0 Å². The second-order valence-corrected chi connectivity index (χ2v) is 9.55. The summed E-state index contributed by atoms with van der Waals surface area (Å²) in [6, 6.07) is 0. The molecule has 4 atom stereocenters. The van der Waals surface area contributed by atoms with Crippen LogP contribution in [-0.2, 0) is 18.9 Å². The van der Waals surface area contributed by atoms with Crippen LogP contribution in [0, 0.1) is 0 Å². The van der Waals surface area contributed by atoms with Gasteiger partial charge in [0.2, 0.25) is 0 Å². The van der Waals surface area contributed by atoms with Crippen molar-refractivity contribution in [2.75, 3.05) is 75.9 Å². The van der Waals surface area contributed by atoms with Gasteiger partial charge in [0.15, 0.2) is 0 Å². The predicted octanol–water partition coefficient (Wildman–Crippen LogP) is 0.537. The summed E-state index contributed by atoms with van der Waals surface area (Å²) in [6.07, 6.45) is 1.10. The smallest absolute Gasteiger partial charge is 0.0863 e. The Labute approximate surface area is 189 Å². The highest BCUT2D eigenvalue weighted by atomic mass is 32.2. The van der Waals surface area contributed by atoms with Crippen LogP contribution >= 0.6 is 23.5 Å². The van der Waals surface area contributed by atoms with E-state index in [4.69, 9.17) is 18.9 Å². The molecule has 0 amide bonds. The lowest BCUT2D eigenvalue weighted by Gasteiger charge is -2.15. The summed E-state index contributed by atoms with van der Waals surface area (Å²) in [4.78, 5) is 0. The molecule has 1 fully saturated rings. The molecule has 0 spiro atoms. The number of ether oxygens (including phenoxy) is 4. The lowest BCUT2D eigenvalue weighted by atomic mass is 10.3. The van der Waals surface area contributed by atoms with Gasteiger partial charge in [0.05, 0.1) is 50.8 Å². The molecule has 1 aliphatic heterocycles. The summed E-state index contributed by atoms with van der Waals surface area (Å²) in [7, 11) is 0. The fourth-order valence-electron chi connectivity index (χ4n) is 2.57. The number of hydrogen-bond donors (Lipinski definition) is 4. The monoisotopic (exact) mass is 472 g/mol. The van der Waals surface area contributed by atoms with Gasteiger partial charge in [-0.3, -0.25) is 0 Å². The van der Waals surface area contributed by atoms with Gasteiger partial charge >= 0.3 is 0 Å². The third-order valence-corrected chi connectivity index (χ3v) is 6.62. The van der Waals surface area contributed by atoms with Gasteiger partial charge in [-0.2, -0.15) is 23.5 Å². The SMILES string of the molecule is OC1COCCCCOCC(O)CSCC(O)COCCCCOCC(O)CSC1.